The second-order valence-corrected chi connectivity index (χ2v) is 9.30. The van der Waals surface area contributed by atoms with E-state index in [1.54, 1.807) is 28.6 Å². The van der Waals surface area contributed by atoms with Crippen LogP contribution in [-0.4, -0.2) is 53.0 Å². The van der Waals surface area contributed by atoms with Gasteiger partial charge < -0.3 is 9.80 Å². The molecule has 1 fully saturated rings. The lowest BCUT2D eigenvalue weighted by atomic mass is 10.1. The smallest absolute Gasteiger partial charge is 0.243 e. The summed E-state index contributed by atoms with van der Waals surface area (Å²) < 4.78 is 41.5. The van der Waals surface area contributed by atoms with Gasteiger partial charge in [0.15, 0.2) is 0 Å². The van der Waals surface area contributed by atoms with E-state index in [9.17, 15) is 12.8 Å². The molecule has 1 saturated heterocycles. The number of benzene rings is 3. The average molecular weight is 414 g/mol. The Balaban J connectivity index is 1.61. The van der Waals surface area contributed by atoms with Crippen molar-refractivity contribution in [2.24, 2.45) is 0 Å². The molecule has 0 amide bonds. The fourth-order valence-electron chi connectivity index (χ4n) is 3.86. The van der Waals surface area contributed by atoms with Crippen LogP contribution in [0.5, 0.6) is 0 Å². The molecule has 0 atom stereocenters. The molecule has 0 unspecified atom stereocenters. The Morgan fingerprint density at radius 1 is 0.828 bits per heavy atom. The molecule has 0 aliphatic carbocycles. The molecular formula is C22H24FN3O2S. The minimum atomic E-state index is -3.62. The number of fused-ring (bicyclic) bond motifs is 1. The van der Waals surface area contributed by atoms with Gasteiger partial charge in [-0.1, -0.05) is 24.3 Å². The van der Waals surface area contributed by atoms with Crippen LogP contribution in [0.15, 0.2) is 65.6 Å². The monoisotopic (exact) mass is 413 g/mol. The molecule has 29 heavy (non-hydrogen) atoms. The number of sulfonamides is 1. The third-order valence-electron chi connectivity index (χ3n) is 5.39. The number of hydrogen-bond acceptors (Lipinski definition) is 4. The highest BCUT2D eigenvalue weighted by atomic mass is 32.2. The van der Waals surface area contributed by atoms with Crippen molar-refractivity contribution in [2.75, 3.05) is 50.1 Å². The number of piperazine rings is 1. The normalized spacial score (nSPS) is 15.6. The molecule has 0 saturated carbocycles. The Kier molecular flexibility index (Phi) is 5.19. The van der Waals surface area contributed by atoms with Crippen LogP contribution < -0.4 is 9.80 Å². The van der Waals surface area contributed by atoms with Gasteiger partial charge in [0.1, 0.15) is 5.82 Å². The Hall–Kier alpha value is -2.64. The first-order valence-corrected chi connectivity index (χ1v) is 11.0. The minimum Gasteiger partial charge on any atom is -0.377 e. The van der Waals surface area contributed by atoms with Crippen LogP contribution in [0, 0.1) is 5.82 Å². The van der Waals surface area contributed by atoms with Crippen LogP contribution in [0.4, 0.5) is 15.8 Å². The van der Waals surface area contributed by atoms with E-state index >= 15 is 0 Å². The second-order valence-electron chi connectivity index (χ2n) is 7.39. The maximum atomic E-state index is 13.4. The Morgan fingerprint density at radius 2 is 1.45 bits per heavy atom. The molecule has 152 valence electrons. The van der Waals surface area contributed by atoms with Gasteiger partial charge in [0.25, 0.3) is 0 Å². The molecule has 1 heterocycles. The van der Waals surface area contributed by atoms with Gasteiger partial charge in [-0.15, -0.1) is 0 Å². The maximum absolute atomic E-state index is 13.4. The summed E-state index contributed by atoms with van der Waals surface area (Å²) in [4.78, 5) is 4.41. The molecule has 0 bridgehead atoms. The van der Waals surface area contributed by atoms with Crippen LogP contribution in [-0.2, 0) is 10.0 Å². The van der Waals surface area contributed by atoms with Crippen molar-refractivity contribution in [3.8, 4) is 0 Å². The largest absolute Gasteiger partial charge is 0.377 e. The van der Waals surface area contributed by atoms with Crippen LogP contribution in [0.3, 0.4) is 0 Å². The van der Waals surface area contributed by atoms with Crippen LogP contribution in [0.25, 0.3) is 10.8 Å². The number of hydrogen-bond donors (Lipinski definition) is 0. The lowest BCUT2D eigenvalue weighted by molar-refractivity contribution is 0.385. The highest BCUT2D eigenvalue weighted by Crippen LogP contribution is 2.32. The van der Waals surface area contributed by atoms with Gasteiger partial charge in [-0.2, -0.15) is 4.31 Å². The van der Waals surface area contributed by atoms with Gasteiger partial charge in [0.2, 0.25) is 10.0 Å². The zero-order valence-electron chi connectivity index (χ0n) is 16.5. The summed E-state index contributed by atoms with van der Waals surface area (Å²) in [5.41, 5.74) is 1.89. The topological polar surface area (TPSA) is 43.9 Å². The quantitative estimate of drug-likeness (QED) is 0.656. The standard InChI is InChI=1S/C22H24FN3O2S/c1-24(2)21-7-3-6-20-19(21)5-4-8-22(20)29(27,28)26-15-13-25(14-16-26)18-11-9-17(23)10-12-18/h3-12H,13-16H2,1-2H3. The maximum Gasteiger partial charge on any atom is 0.243 e. The van der Waals surface area contributed by atoms with E-state index in [0.717, 1.165) is 22.1 Å². The predicted octanol–water partition coefficient (Wildman–Crippen LogP) is 3.56. The molecule has 0 radical (unpaired) electrons. The van der Waals surface area contributed by atoms with E-state index in [0.29, 0.717) is 31.1 Å². The van der Waals surface area contributed by atoms with Gasteiger partial charge >= 0.3 is 0 Å². The summed E-state index contributed by atoms with van der Waals surface area (Å²) in [7, 11) is 0.283. The SMILES string of the molecule is CN(C)c1cccc2c(S(=O)(=O)N3CCN(c4ccc(F)cc4)CC3)cccc12. The molecule has 0 spiro atoms. The van der Waals surface area contributed by atoms with Crippen molar-refractivity contribution in [1.82, 2.24) is 4.31 Å². The zero-order valence-corrected chi connectivity index (χ0v) is 17.4. The van der Waals surface area contributed by atoms with Crippen molar-refractivity contribution in [2.45, 2.75) is 4.90 Å². The number of halogens is 1. The zero-order chi connectivity index (χ0) is 20.6. The average Bonchev–Trinajstić information content (AvgIpc) is 2.73. The van der Waals surface area contributed by atoms with Crippen LogP contribution in [0.2, 0.25) is 0 Å². The first-order valence-electron chi connectivity index (χ1n) is 9.57. The lowest BCUT2D eigenvalue weighted by Gasteiger charge is -2.35. The molecule has 7 heteroatoms. The van der Waals surface area contributed by atoms with Gasteiger partial charge in [-0.25, -0.2) is 12.8 Å². The molecule has 0 N–H and O–H groups in total. The molecule has 5 nitrogen and oxygen atoms in total. The summed E-state index contributed by atoms with van der Waals surface area (Å²) in [5, 5.41) is 1.66. The summed E-state index contributed by atoms with van der Waals surface area (Å²) in [6, 6.07) is 17.5. The highest BCUT2D eigenvalue weighted by Gasteiger charge is 2.30. The van der Waals surface area contributed by atoms with Gasteiger partial charge in [0, 0.05) is 62.4 Å². The van der Waals surface area contributed by atoms with E-state index in [1.165, 1.54) is 12.1 Å². The van der Waals surface area contributed by atoms with Gasteiger partial charge in [-0.3, -0.25) is 0 Å². The minimum absolute atomic E-state index is 0.275. The molecular weight excluding hydrogens is 389 g/mol. The van der Waals surface area contributed by atoms with Crippen molar-refractivity contribution in [3.63, 3.8) is 0 Å². The van der Waals surface area contributed by atoms with Crippen molar-refractivity contribution in [3.05, 3.63) is 66.5 Å². The van der Waals surface area contributed by atoms with E-state index in [-0.39, 0.29) is 5.82 Å². The first-order chi connectivity index (χ1) is 13.9. The summed E-state index contributed by atoms with van der Waals surface area (Å²) >= 11 is 0. The number of rotatable bonds is 4. The molecule has 0 aromatic heterocycles. The molecule has 3 aromatic rings. The summed E-state index contributed by atoms with van der Waals surface area (Å²) in [6.07, 6.45) is 0. The van der Waals surface area contributed by atoms with Crippen LogP contribution in [0.1, 0.15) is 0 Å². The molecule has 3 aromatic carbocycles. The summed E-state index contributed by atoms with van der Waals surface area (Å²) in [5.74, 6) is -0.275. The number of nitrogens with zero attached hydrogens (tertiary/aromatic N) is 3. The fraction of sp³-hybridized carbons (Fsp3) is 0.273. The molecule has 4 rings (SSSR count). The van der Waals surface area contributed by atoms with E-state index < -0.39 is 10.0 Å². The van der Waals surface area contributed by atoms with Crippen molar-refractivity contribution < 1.29 is 12.8 Å². The van der Waals surface area contributed by atoms with E-state index in [4.69, 9.17) is 0 Å². The van der Waals surface area contributed by atoms with Gasteiger partial charge in [-0.05, 0) is 36.4 Å². The first kappa shape index (κ1) is 19.7. The lowest BCUT2D eigenvalue weighted by Crippen LogP contribution is -2.48. The predicted molar refractivity (Wildman–Crippen MR) is 116 cm³/mol. The number of anilines is 2. The second kappa shape index (κ2) is 7.65. The van der Waals surface area contributed by atoms with Crippen molar-refractivity contribution in [1.29, 1.82) is 0 Å². The third kappa shape index (κ3) is 3.68. The van der Waals surface area contributed by atoms with Gasteiger partial charge in [0.05, 0.1) is 4.90 Å². The molecule has 1 aliphatic rings. The van der Waals surface area contributed by atoms with Crippen molar-refractivity contribution >= 4 is 32.2 Å². The highest BCUT2D eigenvalue weighted by molar-refractivity contribution is 7.89. The Bertz CT molecular complexity index is 1120. The third-order valence-corrected chi connectivity index (χ3v) is 7.35. The summed E-state index contributed by atoms with van der Waals surface area (Å²) in [6.45, 7) is 1.92. The van der Waals surface area contributed by atoms with E-state index in [1.807, 2.05) is 43.3 Å². The Morgan fingerprint density at radius 3 is 2.10 bits per heavy atom. The fourth-order valence-corrected chi connectivity index (χ4v) is 5.49. The van der Waals surface area contributed by atoms with Crippen LogP contribution >= 0.6 is 0 Å². The molecule has 1 aliphatic heterocycles. The Labute approximate surface area is 171 Å². The van der Waals surface area contributed by atoms with E-state index in [2.05, 4.69) is 4.90 Å².